The third-order valence-electron chi connectivity index (χ3n) is 6.04. The van der Waals surface area contributed by atoms with Crippen LogP contribution in [0.1, 0.15) is 24.8 Å². The van der Waals surface area contributed by atoms with Crippen LogP contribution in [0.4, 0.5) is 30.6 Å². The average molecular weight is 433 g/mol. The molecular formula is C20H22F3N7O. The van der Waals surface area contributed by atoms with Gasteiger partial charge in [0.15, 0.2) is 0 Å². The van der Waals surface area contributed by atoms with Crippen LogP contribution in [0.5, 0.6) is 0 Å². The van der Waals surface area contributed by atoms with Gasteiger partial charge in [-0.15, -0.1) is 0 Å². The fourth-order valence-corrected chi connectivity index (χ4v) is 4.43. The van der Waals surface area contributed by atoms with Crippen molar-refractivity contribution in [2.75, 3.05) is 10.6 Å². The average Bonchev–Trinajstić information content (AvgIpc) is 3.08. The number of halogens is 3. The van der Waals surface area contributed by atoms with Gasteiger partial charge in [0.05, 0.1) is 17.8 Å². The van der Waals surface area contributed by atoms with Crippen molar-refractivity contribution < 1.29 is 18.0 Å². The maximum Gasteiger partial charge on any atom is 0.421 e. The van der Waals surface area contributed by atoms with E-state index in [2.05, 4.69) is 31.0 Å². The van der Waals surface area contributed by atoms with Crippen molar-refractivity contribution in [3.63, 3.8) is 0 Å². The highest BCUT2D eigenvalue weighted by Crippen LogP contribution is 2.46. The number of hydrogen-bond donors (Lipinski definition) is 3. The molecule has 5 rings (SSSR count). The Morgan fingerprint density at radius 2 is 1.97 bits per heavy atom. The quantitative estimate of drug-likeness (QED) is 0.607. The van der Waals surface area contributed by atoms with Crippen LogP contribution in [0.2, 0.25) is 0 Å². The van der Waals surface area contributed by atoms with Crippen LogP contribution >= 0.6 is 0 Å². The summed E-state index contributed by atoms with van der Waals surface area (Å²) in [7, 11) is 1.72. The van der Waals surface area contributed by atoms with E-state index in [0.717, 1.165) is 25.5 Å². The predicted molar refractivity (Wildman–Crippen MR) is 106 cm³/mol. The number of amides is 1. The number of carbonyl (C=O) groups is 1. The number of fused-ring (bicyclic) bond motifs is 2. The highest BCUT2D eigenvalue weighted by atomic mass is 19.4. The summed E-state index contributed by atoms with van der Waals surface area (Å²) in [4.78, 5) is 20.8. The molecule has 3 aliphatic carbocycles. The van der Waals surface area contributed by atoms with E-state index in [0.29, 0.717) is 5.69 Å². The molecule has 4 atom stereocenters. The lowest BCUT2D eigenvalue weighted by atomic mass is 9.88. The first kappa shape index (κ1) is 19.8. The number of rotatable bonds is 6. The molecule has 0 aromatic carbocycles. The summed E-state index contributed by atoms with van der Waals surface area (Å²) in [6.07, 6.45) is 5.94. The summed E-state index contributed by atoms with van der Waals surface area (Å²) in [5.74, 6) is -0.851. The largest absolute Gasteiger partial charge is 0.421 e. The van der Waals surface area contributed by atoms with E-state index in [-0.39, 0.29) is 35.6 Å². The Balaban J connectivity index is 1.43. The zero-order valence-electron chi connectivity index (χ0n) is 16.7. The number of aryl methyl sites for hydroxylation is 1. The number of allylic oxidation sites excluding steroid dienone is 1. The first-order chi connectivity index (χ1) is 14.8. The van der Waals surface area contributed by atoms with Crippen molar-refractivity contribution in [1.82, 2.24) is 25.1 Å². The van der Waals surface area contributed by atoms with Crippen LogP contribution in [-0.2, 0) is 18.0 Å². The number of carbonyl (C=O) groups excluding carboxylic acids is 1. The van der Waals surface area contributed by atoms with Gasteiger partial charge >= 0.3 is 6.18 Å². The molecule has 2 aromatic rings. The lowest BCUT2D eigenvalue weighted by Gasteiger charge is -2.29. The Kier molecular flexibility index (Phi) is 4.63. The summed E-state index contributed by atoms with van der Waals surface area (Å²) < 4.78 is 42.5. The van der Waals surface area contributed by atoms with Crippen LogP contribution in [-0.4, -0.2) is 37.7 Å². The molecule has 3 N–H and O–H groups in total. The van der Waals surface area contributed by atoms with Crippen molar-refractivity contribution in [2.45, 2.75) is 37.5 Å². The highest BCUT2D eigenvalue weighted by molar-refractivity contribution is 5.82. The van der Waals surface area contributed by atoms with E-state index < -0.39 is 23.7 Å². The minimum Gasteiger partial charge on any atom is -0.365 e. The molecule has 8 nitrogen and oxygen atoms in total. The number of aromatic nitrogens is 4. The molecule has 0 aliphatic heterocycles. The molecule has 2 aromatic heterocycles. The number of hydrogen-bond acceptors (Lipinski definition) is 6. The normalized spacial score (nSPS) is 26.8. The van der Waals surface area contributed by atoms with E-state index >= 15 is 0 Å². The van der Waals surface area contributed by atoms with E-state index in [4.69, 9.17) is 0 Å². The number of alkyl halides is 3. The van der Waals surface area contributed by atoms with Gasteiger partial charge in [0.2, 0.25) is 11.9 Å². The number of nitrogens with zero attached hydrogens (tertiary/aromatic N) is 4. The maximum atomic E-state index is 13.7. The highest BCUT2D eigenvalue weighted by Gasteiger charge is 2.50. The summed E-state index contributed by atoms with van der Waals surface area (Å²) in [6, 6.07) is -0.271. The van der Waals surface area contributed by atoms with E-state index in [1.54, 1.807) is 17.9 Å². The van der Waals surface area contributed by atoms with E-state index in [9.17, 15) is 18.0 Å². The van der Waals surface area contributed by atoms with Gasteiger partial charge in [-0.25, -0.2) is 4.98 Å². The number of nitrogens with one attached hydrogen (secondary N) is 3. The van der Waals surface area contributed by atoms with Gasteiger partial charge in [-0.2, -0.15) is 23.3 Å². The molecule has 0 spiro atoms. The van der Waals surface area contributed by atoms with Crippen molar-refractivity contribution in [1.29, 1.82) is 0 Å². The van der Waals surface area contributed by atoms with Gasteiger partial charge in [0.25, 0.3) is 0 Å². The first-order valence-corrected chi connectivity index (χ1v) is 10.2. The van der Waals surface area contributed by atoms with Crippen LogP contribution < -0.4 is 16.0 Å². The first-order valence-electron chi connectivity index (χ1n) is 10.2. The Bertz CT molecular complexity index is 1030. The van der Waals surface area contributed by atoms with Gasteiger partial charge in [-0.3, -0.25) is 9.48 Å². The molecule has 0 unspecified atom stereocenters. The zero-order chi connectivity index (χ0) is 21.8. The molecule has 0 radical (unpaired) electrons. The molecular weight excluding hydrogens is 411 g/mol. The summed E-state index contributed by atoms with van der Waals surface area (Å²) in [6.45, 7) is 0. The maximum absolute atomic E-state index is 13.7. The van der Waals surface area contributed by atoms with Gasteiger partial charge in [0, 0.05) is 31.5 Å². The molecule has 2 heterocycles. The Morgan fingerprint density at radius 3 is 2.65 bits per heavy atom. The molecule has 0 saturated heterocycles. The minimum absolute atomic E-state index is 0.0150. The Labute approximate surface area is 176 Å². The topological polar surface area (TPSA) is 96.8 Å². The standard InChI is InChI=1S/C20H22F3N7O/c1-30-9-13(7-25-30)27-19-24-8-14(20(21,22)23)17(29-19)28-16-11-3-2-10(6-11)15(16)18(31)26-12-4-5-12/h2-3,7-12,15-16H,4-6H2,1H3,(H,26,31)(H2,24,27,28,29)/t10-,11-,15-,16+/m0/s1. The third kappa shape index (κ3) is 3.96. The Morgan fingerprint density at radius 1 is 1.19 bits per heavy atom. The molecule has 31 heavy (non-hydrogen) atoms. The summed E-state index contributed by atoms with van der Waals surface area (Å²) in [5.41, 5.74) is -0.407. The van der Waals surface area contributed by atoms with Gasteiger partial charge in [0.1, 0.15) is 11.4 Å². The second kappa shape index (κ2) is 7.24. The molecule has 2 fully saturated rings. The third-order valence-corrected chi connectivity index (χ3v) is 6.04. The lowest BCUT2D eigenvalue weighted by Crippen LogP contribution is -2.44. The summed E-state index contributed by atoms with van der Waals surface area (Å²) >= 11 is 0. The second-order valence-electron chi connectivity index (χ2n) is 8.41. The van der Waals surface area contributed by atoms with Crippen molar-refractivity contribution in [3.8, 4) is 0 Å². The van der Waals surface area contributed by atoms with Crippen molar-refractivity contribution >= 4 is 23.4 Å². The van der Waals surface area contributed by atoms with Crippen molar-refractivity contribution in [3.05, 3.63) is 36.3 Å². The lowest BCUT2D eigenvalue weighted by molar-refractivity contribution is -0.137. The molecule has 3 aliphatic rings. The predicted octanol–water partition coefficient (Wildman–Crippen LogP) is 2.85. The monoisotopic (exact) mass is 433 g/mol. The van der Waals surface area contributed by atoms with E-state index in [1.807, 2.05) is 12.2 Å². The SMILES string of the molecule is Cn1cc(Nc2ncc(C(F)(F)F)c(N[C@H]3[C@@H](C(=O)NC4CC4)[C@H]4C=C[C@H]3C4)n2)cn1. The fourth-order valence-electron chi connectivity index (χ4n) is 4.43. The molecule has 11 heteroatoms. The smallest absolute Gasteiger partial charge is 0.365 e. The second-order valence-corrected chi connectivity index (χ2v) is 8.41. The Hall–Kier alpha value is -3.11. The van der Waals surface area contributed by atoms with Gasteiger partial charge in [-0.05, 0) is 31.1 Å². The van der Waals surface area contributed by atoms with Crippen LogP contribution in [0.3, 0.4) is 0 Å². The van der Waals surface area contributed by atoms with E-state index in [1.165, 1.54) is 6.20 Å². The molecule has 164 valence electrons. The van der Waals surface area contributed by atoms with Crippen LogP contribution in [0, 0.1) is 17.8 Å². The van der Waals surface area contributed by atoms with Gasteiger partial charge < -0.3 is 16.0 Å². The number of anilines is 3. The fraction of sp³-hybridized carbons (Fsp3) is 0.500. The van der Waals surface area contributed by atoms with Crippen LogP contribution in [0.25, 0.3) is 0 Å². The minimum atomic E-state index is -4.63. The van der Waals surface area contributed by atoms with Crippen LogP contribution in [0.15, 0.2) is 30.7 Å². The van der Waals surface area contributed by atoms with Gasteiger partial charge in [-0.1, -0.05) is 12.2 Å². The molecule has 2 bridgehead atoms. The molecule has 1 amide bonds. The zero-order valence-corrected chi connectivity index (χ0v) is 16.7. The molecule has 2 saturated carbocycles. The summed E-state index contributed by atoms with van der Waals surface area (Å²) in [5, 5.41) is 12.8. The van der Waals surface area contributed by atoms with Crippen molar-refractivity contribution in [2.24, 2.45) is 24.8 Å².